The van der Waals surface area contributed by atoms with E-state index >= 15 is 0 Å². The predicted octanol–water partition coefficient (Wildman–Crippen LogP) is 4.03. The Bertz CT molecular complexity index is 558. The second-order valence-electron chi connectivity index (χ2n) is 3.58. The normalized spacial score (nSPS) is 11.4. The van der Waals surface area contributed by atoms with Gasteiger partial charge in [-0.2, -0.15) is 13.2 Å². The van der Waals surface area contributed by atoms with Crippen LogP contribution in [0.25, 0.3) is 0 Å². The van der Waals surface area contributed by atoms with E-state index in [0.717, 1.165) is 6.07 Å². The number of nitrogens with zero attached hydrogens (tertiary/aromatic N) is 2. The van der Waals surface area contributed by atoms with Crippen molar-refractivity contribution in [1.29, 1.82) is 0 Å². The van der Waals surface area contributed by atoms with Gasteiger partial charge in [0, 0.05) is 0 Å². The molecule has 0 spiro atoms. The number of hydrogen-bond acceptors (Lipinski definition) is 3. The Morgan fingerprint density at radius 1 is 1.11 bits per heavy atom. The van der Waals surface area contributed by atoms with E-state index in [1.165, 1.54) is 30.6 Å². The highest BCUT2D eigenvalue weighted by Gasteiger charge is 2.34. The van der Waals surface area contributed by atoms with Gasteiger partial charge >= 0.3 is 6.18 Å². The largest absolute Gasteiger partial charge is 0.437 e. The molecule has 19 heavy (non-hydrogen) atoms. The van der Waals surface area contributed by atoms with Gasteiger partial charge in [0.15, 0.2) is 0 Å². The zero-order valence-corrected chi connectivity index (χ0v) is 10.2. The molecule has 0 saturated heterocycles. The van der Waals surface area contributed by atoms with Crippen molar-refractivity contribution >= 4 is 11.6 Å². The molecule has 0 bridgehead atoms. The predicted molar refractivity (Wildman–Crippen MR) is 63.1 cm³/mol. The Hall–Kier alpha value is -1.82. The van der Waals surface area contributed by atoms with Crippen LogP contribution < -0.4 is 4.74 Å². The van der Waals surface area contributed by atoms with Gasteiger partial charge in [-0.15, -0.1) is 11.6 Å². The molecule has 1 aromatic carbocycles. The van der Waals surface area contributed by atoms with Crippen LogP contribution in [0.3, 0.4) is 0 Å². The maximum atomic E-state index is 12.7. The molecule has 0 amide bonds. The molecule has 0 aliphatic carbocycles. The number of alkyl halides is 4. The molecule has 1 aromatic heterocycles. The molecular weight excluding hydrogens is 281 g/mol. The van der Waals surface area contributed by atoms with Gasteiger partial charge in [0.05, 0.1) is 29.5 Å². The van der Waals surface area contributed by atoms with Crippen molar-refractivity contribution in [1.82, 2.24) is 9.97 Å². The molecule has 0 saturated carbocycles. The zero-order valence-electron chi connectivity index (χ0n) is 9.49. The summed E-state index contributed by atoms with van der Waals surface area (Å²) in [5.74, 6) is -0.166. The first-order valence-corrected chi connectivity index (χ1v) is 5.75. The van der Waals surface area contributed by atoms with Gasteiger partial charge in [-0.25, -0.2) is 4.98 Å². The zero-order chi connectivity index (χ0) is 13.9. The molecule has 3 nitrogen and oxygen atoms in total. The second-order valence-corrected chi connectivity index (χ2v) is 3.84. The van der Waals surface area contributed by atoms with Gasteiger partial charge in [-0.1, -0.05) is 12.1 Å². The third kappa shape index (κ3) is 3.35. The van der Waals surface area contributed by atoms with Crippen LogP contribution in [0.4, 0.5) is 13.2 Å². The van der Waals surface area contributed by atoms with E-state index in [9.17, 15) is 13.2 Å². The molecule has 0 aliphatic rings. The summed E-state index contributed by atoms with van der Waals surface area (Å²) < 4.78 is 43.3. The highest BCUT2D eigenvalue weighted by molar-refractivity contribution is 6.16. The monoisotopic (exact) mass is 288 g/mol. The lowest BCUT2D eigenvalue weighted by Gasteiger charge is -2.12. The number of rotatable bonds is 3. The van der Waals surface area contributed by atoms with Crippen molar-refractivity contribution in [3.63, 3.8) is 0 Å². The third-order valence-corrected chi connectivity index (χ3v) is 2.50. The number of benzene rings is 1. The molecule has 2 rings (SSSR count). The first kappa shape index (κ1) is 13.6. The molecule has 0 radical (unpaired) electrons. The van der Waals surface area contributed by atoms with Crippen LogP contribution in [-0.2, 0) is 12.1 Å². The summed E-state index contributed by atoms with van der Waals surface area (Å²) in [5, 5.41) is 0. The van der Waals surface area contributed by atoms with Gasteiger partial charge in [0.2, 0.25) is 5.88 Å². The Balaban J connectivity index is 2.28. The van der Waals surface area contributed by atoms with E-state index in [0.29, 0.717) is 5.69 Å². The molecule has 0 unspecified atom stereocenters. The summed E-state index contributed by atoms with van der Waals surface area (Å²) in [6.45, 7) is 0. The summed E-state index contributed by atoms with van der Waals surface area (Å²) >= 11 is 5.53. The minimum Gasteiger partial charge on any atom is -0.437 e. The Labute approximate surface area is 112 Å². The smallest absolute Gasteiger partial charge is 0.419 e. The number of halogens is 4. The first-order valence-electron chi connectivity index (χ1n) is 5.21. The second kappa shape index (κ2) is 5.44. The van der Waals surface area contributed by atoms with Crippen molar-refractivity contribution in [3.05, 3.63) is 47.9 Å². The van der Waals surface area contributed by atoms with Crippen molar-refractivity contribution in [2.45, 2.75) is 12.1 Å². The SMILES string of the molecule is FC(F)(F)c1ccccc1Oc1cnc(CCl)cn1. The third-order valence-electron chi connectivity index (χ3n) is 2.23. The van der Waals surface area contributed by atoms with Gasteiger partial charge in [0.1, 0.15) is 5.75 Å². The van der Waals surface area contributed by atoms with E-state index < -0.39 is 11.7 Å². The van der Waals surface area contributed by atoms with Crippen LogP contribution in [-0.4, -0.2) is 9.97 Å². The van der Waals surface area contributed by atoms with Gasteiger partial charge in [0.25, 0.3) is 0 Å². The first-order chi connectivity index (χ1) is 9.00. The van der Waals surface area contributed by atoms with Crippen LogP contribution in [0, 0.1) is 0 Å². The van der Waals surface area contributed by atoms with Gasteiger partial charge < -0.3 is 4.74 Å². The lowest BCUT2D eigenvalue weighted by atomic mass is 10.2. The van der Waals surface area contributed by atoms with Gasteiger partial charge in [-0.05, 0) is 12.1 Å². The van der Waals surface area contributed by atoms with Crippen LogP contribution >= 0.6 is 11.6 Å². The summed E-state index contributed by atoms with van der Waals surface area (Å²) in [5.41, 5.74) is -0.351. The maximum Gasteiger partial charge on any atom is 0.419 e. The fourth-order valence-corrected chi connectivity index (χ4v) is 1.51. The van der Waals surface area contributed by atoms with Crippen LogP contribution in [0.5, 0.6) is 11.6 Å². The summed E-state index contributed by atoms with van der Waals surface area (Å²) in [4.78, 5) is 7.72. The Kier molecular flexibility index (Phi) is 3.90. The van der Waals surface area contributed by atoms with E-state index in [1.807, 2.05) is 0 Å². The van der Waals surface area contributed by atoms with E-state index in [2.05, 4.69) is 9.97 Å². The Morgan fingerprint density at radius 2 is 1.84 bits per heavy atom. The topological polar surface area (TPSA) is 35.0 Å². The minimum atomic E-state index is -4.49. The molecule has 7 heteroatoms. The number of aromatic nitrogens is 2. The lowest BCUT2D eigenvalue weighted by molar-refractivity contribution is -0.138. The highest BCUT2D eigenvalue weighted by Crippen LogP contribution is 2.37. The molecular formula is C12H8ClF3N2O. The molecule has 0 atom stereocenters. The van der Waals surface area contributed by atoms with E-state index in [-0.39, 0.29) is 17.5 Å². The fraction of sp³-hybridized carbons (Fsp3) is 0.167. The number of ether oxygens (including phenoxy) is 1. The van der Waals surface area contributed by atoms with Crippen LogP contribution in [0.15, 0.2) is 36.7 Å². The van der Waals surface area contributed by atoms with Crippen molar-refractivity contribution in [2.75, 3.05) is 0 Å². The Morgan fingerprint density at radius 3 is 2.42 bits per heavy atom. The van der Waals surface area contributed by atoms with Crippen molar-refractivity contribution in [2.24, 2.45) is 0 Å². The average Bonchev–Trinajstić information content (AvgIpc) is 2.39. The van der Waals surface area contributed by atoms with E-state index in [4.69, 9.17) is 16.3 Å². The maximum absolute atomic E-state index is 12.7. The van der Waals surface area contributed by atoms with Crippen molar-refractivity contribution in [3.8, 4) is 11.6 Å². The summed E-state index contributed by atoms with van der Waals surface area (Å²) in [6, 6.07) is 4.90. The number of hydrogen-bond donors (Lipinski definition) is 0. The fourth-order valence-electron chi connectivity index (χ4n) is 1.37. The molecule has 100 valence electrons. The van der Waals surface area contributed by atoms with E-state index in [1.54, 1.807) is 0 Å². The molecule has 1 heterocycles. The van der Waals surface area contributed by atoms with Crippen LogP contribution in [0.2, 0.25) is 0 Å². The summed E-state index contributed by atoms with van der Waals surface area (Å²) in [6.07, 6.45) is -1.91. The number of para-hydroxylation sites is 1. The standard InChI is InChI=1S/C12H8ClF3N2O/c13-5-8-6-18-11(7-17-8)19-10-4-2-1-3-9(10)12(14,15)16/h1-4,6-7H,5H2. The molecule has 2 aromatic rings. The average molecular weight is 289 g/mol. The molecule has 0 aliphatic heterocycles. The molecule has 0 fully saturated rings. The quantitative estimate of drug-likeness (QED) is 0.800. The molecule has 0 N–H and O–H groups in total. The summed E-state index contributed by atoms with van der Waals surface area (Å²) in [7, 11) is 0. The minimum absolute atomic E-state index is 0.0226. The van der Waals surface area contributed by atoms with Gasteiger partial charge in [-0.3, -0.25) is 4.98 Å². The van der Waals surface area contributed by atoms with Crippen LogP contribution in [0.1, 0.15) is 11.3 Å². The van der Waals surface area contributed by atoms with Crippen molar-refractivity contribution < 1.29 is 17.9 Å². The highest BCUT2D eigenvalue weighted by atomic mass is 35.5. The lowest BCUT2D eigenvalue weighted by Crippen LogP contribution is -2.07.